The van der Waals surface area contributed by atoms with Crippen LogP contribution in [0.25, 0.3) is 5.65 Å². The topological polar surface area (TPSA) is 106 Å². The summed E-state index contributed by atoms with van der Waals surface area (Å²) in [5.74, 6) is -0.202. The molecular weight excluding hydrogens is 499 g/mol. The molecule has 4 heterocycles. The largest absolute Gasteiger partial charge is 0.408 e. The molecule has 202 valence electrons. The van der Waals surface area contributed by atoms with E-state index in [1.165, 1.54) is 0 Å². The van der Waals surface area contributed by atoms with Gasteiger partial charge in [-0.2, -0.15) is 23.4 Å². The highest BCUT2D eigenvalue weighted by atomic mass is 19.4. The van der Waals surface area contributed by atoms with Crippen LogP contribution < -0.4 is 10.6 Å². The predicted molar refractivity (Wildman–Crippen MR) is 130 cm³/mol. The van der Waals surface area contributed by atoms with Crippen LogP contribution in [0.3, 0.4) is 0 Å². The highest BCUT2D eigenvalue weighted by Crippen LogP contribution is 2.54. The molecule has 3 aromatic heterocycles. The van der Waals surface area contributed by atoms with Crippen LogP contribution in [-0.2, 0) is 17.8 Å². The number of alkyl halides is 3. The minimum absolute atomic E-state index is 0.151. The van der Waals surface area contributed by atoms with E-state index in [2.05, 4.69) is 20.8 Å². The van der Waals surface area contributed by atoms with Crippen LogP contribution in [0.15, 0.2) is 30.7 Å². The maximum absolute atomic E-state index is 13.3. The molecule has 2 N–H and O–H groups in total. The van der Waals surface area contributed by atoms with E-state index in [-0.39, 0.29) is 30.7 Å². The quantitative estimate of drug-likeness (QED) is 0.442. The number of carbonyl (C=O) groups is 2. The van der Waals surface area contributed by atoms with Crippen molar-refractivity contribution in [1.29, 1.82) is 0 Å². The van der Waals surface area contributed by atoms with Gasteiger partial charge in [0.25, 0.3) is 5.91 Å². The van der Waals surface area contributed by atoms with E-state index in [0.717, 1.165) is 25.7 Å². The summed E-state index contributed by atoms with van der Waals surface area (Å²) in [4.78, 5) is 30.3. The average molecular weight is 530 g/mol. The predicted octanol–water partition coefficient (Wildman–Crippen LogP) is 3.46. The molecule has 2 amide bonds. The van der Waals surface area contributed by atoms with Crippen molar-refractivity contribution in [2.24, 2.45) is 23.7 Å². The van der Waals surface area contributed by atoms with Crippen LogP contribution >= 0.6 is 0 Å². The number of carbonyl (C=O) groups excluding carboxylic acids is 2. The number of halogens is 3. The van der Waals surface area contributed by atoms with Gasteiger partial charge in [0.05, 0.1) is 24.1 Å². The molecule has 2 saturated carbocycles. The van der Waals surface area contributed by atoms with Crippen molar-refractivity contribution in [1.82, 2.24) is 35.0 Å². The highest BCUT2D eigenvalue weighted by molar-refractivity contribution is 5.92. The number of rotatable bonds is 9. The van der Waals surface area contributed by atoms with Crippen molar-refractivity contribution in [3.8, 4) is 0 Å². The first-order valence-corrected chi connectivity index (χ1v) is 13.2. The number of imidazole rings is 1. The Hall–Kier alpha value is -3.44. The lowest BCUT2D eigenvalue weighted by atomic mass is 9.87. The second kappa shape index (κ2) is 9.39. The lowest BCUT2D eigenvalue weighted by molar-refractivity contribution is -0.154. The molecule has 3 fully saturated rings. The minimum Gasteiger partial charge on any atom is -0.344 e. The number of fused-ring (bicyclic) bond motifs is 1. The molecule has 0 bridgehead atoms. The Labute approximate surface area is 217 Å². The normalized spacial score (nSPS) is 22.7. The van der Waals surface area contributed by atoms with Gasteiger partial charge in [-0.15, -0.1) is 0 Å². The molecule has 3 aromatic rings. The van der Waals surface area contributed by atoms with Crippen molar-refractivity contribution >= 4 is 17.5 Å². The van der Waals surface area contributed by atoms with Gasteiger partial charge in [0.15, 0.2) is 5.65 Å². The van der Waals surface area contributed by atoms with E-state index >= 15 is 0 Å². The van der Waals surface area contributed by atoms with Crippen LogP contribution in [0.2, 0.25) is 0 Å². The molecular formula is C26H30F3N7O2. The van der Waals surface area contributed by atoms with Crippen LogP contribution in [0, 0.1) is 23.7 Å². The zero-order valence-corrected chi connectivity index (χ0v) is 21.0. The molecule has 0 aromatic carbocycles. The summed E-state index contributed by atoms with van der Waals surface area (Å²) in [6.07, 6.45) is 4.95. The number of hydrogen-bond acceptors (Lipinski definition) is 5. The van der Waals surface area contributed by atoms with Gasteiger partial charge in [-0.25, -0.2) is 9.50 Å². The highest BCUT2D eigenvalue weighted by Gasteiger charge is 2.48. The van der Waals surface area contributed by atoms with E-state index in [1.54, 1.807) is 33.7 Å². The minimum atomic E-state index is -4.46. The summed E-state index contributed by atoms with van der Waals surface area (Å²) in [6, 6.07) is 1.36. The first-order chi connectivity index (χ1) is 18.2. The first-order valence-electron chi connectivity index (χ1n) is 13.2. The van der Waals surface area contributed by atoms with Crippen molar-refractivity contribution in [3.05, 3.63) is 47.7 Å². The zero-order chi connectivity index (χ0) is 26.6. The first kappa shape index (κ1) is 24.9. The maximum atomic E-state index is 13.3. The fraction of sp³-hybridized carbons (Fsp3) is 0.577. The van der Waals surface area contributed by atoms with Crippen molar-refractivity contribution in [3.63, 3.8) is 0 Å². The molecule has 2 unspecified atom stereocenters. The number of aryl methyl sites for hydroxylation is 1. The summed E-state index contributed by atoms with van der Waals surface area (Å²) in [7, 11) is 0. The van der Waals surface area contributed by atoms with Crippen molar-refractivity contribution < 1.29 is 22.8 Å². The van der Waals surface area contributed by atoms with Gasteiger partial charge in [-0.3, -0.25) is 14.3 Å². The third-order valence-electron chi connectivity index (χ3n) is 8.05. The molecule has 1 saturated heterocycles. The summed E-state index contributed by atoms with van der Waals surface area (Å²) in [6.45, 7) is 2.52. The summed E-state index contributed by atoms with van der Waals surface area (Å²) < 4.78 is 42.5. The number of nitrogens with one attached hydrogen (secondary N) is 2. The van der Waals surface area contributed by atoms with E-state index < -0.39 is 24.0 Å². The molecule has 1 aliphatic heterocycles. The number of nitrogens with zero attached hydrogens (tertiary/aromatic N) is 5. The fourth-order valence-electron chi connectivity index (χ4n) is 5.86. The second-order valence-corrected chi connectivity index (χ2v) is 10.8. The zero-order valence-electron chi connectivity index (χ0n) is 21.0. The lowest BCUT2D eigenvalue weighted by Crippen LogP contribution is -2.38. The number of aromatic nitrogens is 5. The monoisotopic (exact) mass is 529 g/mol. The van der Waals surface area contributed by atoms with E-state index in [4.69, 9.17) is 4.98 Å². The molecule has 38 heavy (non-hydrogen) atoms. The maximum Gasteiger partial charge on any atom is 0.408 e. The van der Waals surface area contributed by atoms with Crippen molar-refractivity contribution in [2.75, 3.05) is 0 Å². The molecule has 6 rings (SSSR count). The van der Waals surface area contributed by atoms with Gasteiger partial charge in [0.1, 0.15) is 11.7 Å². The molecule has 3 atom stereocenters. The third-order valence-corrected chi connectivity index (χ3v) is 8.05. The van der Waals surface area contributed by atoms with Gasteiger partial charge < -0.3 is 10.6 Å². The molecule has 3 aliphatic rings. The molecule has 12 heteroatoms. The standard InChI is InChI=1S/C26H30F3N7O2/c1-2-35-19(7-8-30-35)25(38)34-23(22(15-3-4-15)16-5-6-16)18-13-36-21(32-18)10-14(12-31-36)9-17-11-20(26(27,28)29)33-24(17)37/h7-8,10,12-13,15-17,20,22-23H,2-6,9,11H2,1H3,(H,33,37)(H,34,38)/t17?,20-,23?/m0/s1. The van der Waals surface area contributed by atoms with Gasteiger partial charge in [-0.1, -0.05) is 0 Å². The fourth-order valence-corrected chi connectivity index (χ4v) is 5.86. The molecule has 9 nitrogen and oxygen atoms in total. The number of hydrogen-bond donors (Lipinski definition) is 2. The number of amides is 2. The summed E-state index contributed by atoms with van der Waals surface area (Å²) in [5.41, 5.74) is 2.39. The Bertz CT molecular complexity index is 1350. The molecule has 0 spiro atoms. The van der Waals surface area contributed by atoms with Gasteiger partial charge in [0, 0.05) is 18.7 Å². The van der Waals surface area contributed by atoms with Crippen LogP contribution in [0.4, 0.5) is 13.2 Å². The summed E-state index contributed by atoms with van der Waals surface area (Å²) in [5, 5.41) is 14.0. The van der Waals surface area contributed by atoms with Crippen molar-refractivity contribution in [2.45, 2.75) is 70.3 Å². The molecule has 0 radical (unpaired) electrons. The van der Waals surface area contributed by atoms with Gasteiger partial charge >= 0.3 is 6.18 Å². The Morgan fingerprint density at radius 3 is 2.58 bits per heavy atom. The third kappa shape index (κ3) is 4.88. The SMILES string of the molecule is CCn1nccc1C(=O)NC(c1cn2ncc(CC3C[C@@H](C(F)(F)F)NC3=O)cc2n1)C(C1CC1)C1CC1. The smallest absolute Gasteiger partial charge is 0.344 e. The van der Waals surface area contributed by atoms with E-state index in [1.807, 2.05) is 13.1 Å². The van der Waals surface area contributed by atoms with Gasteiger partial charge in [-0.05, 0) is 80.9 Å². The van der Waals surface area contributed by atoms with Crippen LogP contribution in [0.5, 0.6) is 0 Å². The van der Waals surface area contributed by atoms with E-state index in [0.29, 0.717) is 41.0 Å². The Morgan fingerprint density at radius 1 is 1.21 bits per heavy atom. The summed E-state index contributed by atoms with van der Waals surface area (Å²) >= 11 is 0. The lowest BCUT2D eigenvalue weighted by Gasteiger charge is -2.27. The van der Waals surface area contributed by atoms with Crippen LogP contribution in [0.1, 0.15) is 66.8 Å². The van der Waals surface area contributed by atoms with Gasteiger partial charge in [0.2, 0.25) is 5.91 Å². The van der Waals surface area contributed by atoms with E-state index in [9.17, 15) is 22.8 Å². The Morgan fingerprint density at radius 2 is 1.95 bits per heavy atom. The van der Waals surface area contributed by atoms with Crippen LogP contribution in [-0.4, -0.2) is 48.4 Å². The Balaban J connectivity index is 1.26. The molecule has 2 aliphatic carbocycles. The second-order valence-electron chi connectivity index (χ2n) is 10.8. The average Bonchev–Trinajstić information content (AvgIpc) is 3.76. The Kier molecular flexibility index (Phi) is 6.14.